The molecule has 0 fully saturated rings. The first-order valence-electron chi connectivity index (χ1n) is 3.56. The molecule has 1 rings (SSSR count). The summed E-state index contributed by atoms with van der Waals surface area (Å²) in [7, 11) is 0. The molecule has 0 saturated heterocycles. The molecule has 15 heavy (non-hydrogen) atoms. The highest BCUT2D eigenvalue weighted by Crippen LogP contribution is 2.30. The molecule has 0 aliphatic carbocycles. The number of carboxylic acid groups (broad SMARTS) is 2. The van der Waals surface area contributed by atoms with E-state index in [4.69, 9.17) is 15.9 Å². The van der Waals surface area contributed by atoms with E-state index < -0.39 is 23.9 Å². The van der Waals surface area contributed by atoms with Crippen molar-refractivity contribution < 1.29 is 29.3 Å². The van der Waals surface area contributed by atoms with Crippen LogP contribution < -0.4 is 15.2 Å². The molecule has 0 spiro atoms. The van der Waals surface area contributed by atoms with Gasteiger partial charge < -0.3 is 25.4 Å². The molecule has 0 atom stereocenters. The van der Waals surface area contributed by atoms with Crippen LogP contribution in [0.4, 0.5) is 15.3 Å². The number of rotatable bonds is 2. The van der Waals surface area contributed by atoms with Crippen LogP contribution in [0.2, 0.25) is 0 Å². The first kappa shape index (κ1) is 10.6. The van der Waals surface area contributed by atoms with Crippen molar-refractivity contribution in [1.29, 1.82) is 0 Å². The Kier molecular flexibility index (Phi) is 2.91. The number of anilines is 1. The van der Waals surface area contributed by atoms with Gasteiger partial charge in [0.15, 0.2) is 0 Å². The van der Waals surface area contributed by atoms with Crippen LogP contribution in [0.3, 0.4) is 0 Å². The van der Waals surface area contributed by atoms with Gasteiger partial charge in [-0.3, -0.25) is 0 Å². The smallest absolute Gasteiger partial charge is 0.449 e. The topological polar surface area (TPSA) is 132 Å². The summed E-state index contributed by atoms with van der Waals surface area (Å²) in [5, 5.41) is 16.7. The lowest BCUT2D eigenvalue weighted by atomic mass is 10.4. The molecule has 0 saturated carbocycles. The third kappa shape index (κ3) is 2.72. The predicted octanol–water partition coefficient (Wildman–Crippen LogP) is 0.777. The lowest BCUT2D eigenvalue weighted by Crippen LogP contribution is -2.11. The van der Waals surface area contributed by atoms with Crippen LogP contribution in [0.25, 0.3) is 0 Å². The molecule has 0 radical (unpaired) electrons. The van der Waals surface area contributed by atoms with Crippen LogP contribution >= 0.6 is 0 Å². The van der Waals surface area contributed by atoms with Crippen LogP contribution in [0.5, 0.6) is 11.6 Å². The Bertz CT molecular complexity index is 404. The van der Waals surface area contributed by atoms with Crippen molar-refractivity contribution in [2.45, 2.75) is 0 Å². The molecule has 0 bridgehead atoms. The van der Waals surface area contributed by atoms with Gasteiger partial charge in [-0.2, -0.15) is 0 Å². The van der Waals surface area contributed by atoms with E-state index in [0.717, 1.165) is 6.20 Å². The Morgan fingerprint density at radius 1 is 1.27 bits per heavy atom. The van der Waals surface area contributed by atoms with E-state index in [-0.39, 0.29) is 5.69 Å². The SMILES string of the molecule is Nc1ccnc(OC(=O)O)c1OC(=O)O. The average molecular weight is 214 g/mol. The predicted molar refractivity (Wildman–Crippen MR) is 46.0 cm³/mol. The van der Waals surface area contributed by atoms with Gasteiger partial charge >= 0.3 is 12.3 Å². The van der Waals surface area contributed by atoms with Crippen LogP contribution in [-0.4, -0.2) is 27.5 Å². The van der Waals surface area contributed by atoms with E-state index in [1.807, 2.05) is 0 Å². The minimum absolute atomic E-state index is 0.0938. The van der Waals surface area contributed by atoms with Gasteiger partial charge in [0.2, 0.25) is 5.75 Å². The maximum atomic E-state index is 10.3. The Labute approximate surface area is 82.9 Å². The molecule has 1 aromatic heterocycles. The summed E-state index contributed by atoms with van der Waals surface area (Å²) >= 11 is 0. The zero-order chi connectivity index (χ0) is 11.4. The van der Waals surface area contributed by atoms with E-state index >= 15 is 0 Å². The Balaban J connectivity index is 3.08. The average Bonchev–Trinajstić information content (AvgIpc) is 2.09. The number of ether oxygens (including phenoxy) is 2. The summed E-state index contributed by atoms with van der Waals surface area (Å²) in [6.45, 7) is 0. The molecule has 80 valence electrons. The van der Waals surface area contributed by atoms with E-state index in [1.54, 1.807) is 0 Å². The Morgan fingerprint density at radius 2 is 1.87 bits per heavy atom. The van der Waals surface area contributed by atoms with E-state index in [9.17, 15) is 9.59 Å². The van der Waals surface area contributed by atoms with Gasteiger partial charge in [-0.1, -0.05) is 0 Å². The normalized spacial score (nSPS) is 9.33. The zero-order valence-corrected chi connectivity index (χ0v) is 7.21. The van der Waals surface area contributed by atoms with Crippen molar-refractivity contribution in [3.05, 3.63) is 12.3 Å². The van der Waals surface area contributed by atoms with Gasteiger partial charge in [0.25, 0.3) is 5.88 Å². The van der Waals surface area contributed by atoms with Crippen molar-refractivity contribution in [1.82, 2.24) is 4.98 Å². The number of nitrogens with zero attached hydrogens (tertiary/aromatic N) is 1. The van der Waals surface area contributed by atoms with Gasteiger partial charge in [-0.25, -0.2) is 14.6 Å². The zero-order valence-electron chi connectivity index (χ0n) is 7.21. The van der Waals surface area contributed by atoms with Crippen molar-refractivity contribution in [3.63, 3.8) is 0 Å². The van der Waals surface area contributed by atoms with Crippen molar-refractivity contribution >= 4 is 18.0 Å². The highest BCUT2D eigenvalue weighted by atomic mass is 16.7. The number of hydrogen-bond acceptors (Lipinski definition) is 6. The molecule has 8 heteroatoms. The monoisotopic (exact) mass is 214 g/mol. The second kappa shape index (κ2) is 4.13. The van der Waals surface area contributed by atoms with E-state index in [0.29, 0.717) is 0 Å². The third-order valence-electron chi connectivity index (χ3n) is 1.28. The van der Waals surface area contributed by atoms with Gasteiger partial charge in [-0.15, -0.1) is 0 Å². The summed E-state index contributed by atoms with van der Waals surface area (Å²) in [4.78, 5) is 23.9. The highest BCUT2D eigenvalue weighted by molar-refractivity contribution is 5.70. The quantitative estimate of drug-likeness (QED) is 0.615. The lowest BCUT2D eigenvalue weighted by Gasteiger charge is -2.07. The molecule has 0 aliphatic rings. The van der Waals surface area contributed by atoms with E-state index in [1.165, 1.54) is 6.07 Å². The molecule has 8 nitrogen and oxygen atoms in total. The largest absolute Gasteiger partial charge is 0.512 e. The maximum absolute atomic E-state index is 10.3. The van der Waals surface area contributed by atoms with Crippen LogP contribution in [0.1, 0.15) is 0 Å². The van der Waals surface area contributed by atoms with Gasteiger partial charge in [0, 0.05) is 6.20 Å². The summed E-state index contributed by atoms with van der Waals surface area (Å²) in [5.74, 6) is -0.975. The second-order valence-corrected chi connectivity index (χ2v) is 2.27. The number of pyridine rings is 1. The number of nitrogens with two attached hydrogens (primary N) is 1. The van der Waals surface area contributed by atoms with Crippen molar-refractivity contribution in [3.8, 4) is 11.6 Å². The van der Waals surface area contributed by atoms with Crippen molar-refractivity contribution in [2.24, 2.45) is 0 Å². The fourth-order valence-electron chi connectivity index (χ4n) is 0.788. The number of hydrogen-bond donors (Lipinski definition) is 3. The summed E-state index contributed by atoms with van der Waals surface area (Å²) < 4.78 is 8.38. The molecule has 0 amide bonds. The molecule has 0 aromatic carbocycles. The summed E-state index contributed by atoms with van der Waals surface area (Å²) in [6, 6.07) is 1.24. The Hall–Kier alpha value is -2.51. The molecular weight excluding hydrogens is 208 g/mol. The molecule has 4 N–H and O–H groups in total. The molecule has 0 aliphatic heterocycles. The van der Waals surface area contributed by atoms with Gasteiger partial charge in [0.05, 0.1) is 5.69 Å². The lowest BCUT2D eigenvalue weighted by molar-refractivity contribution is 0.131. The standard InChI is InChI=1S/C7H6N2O6/c8-3-1-2-9-5(15-7(12)13)4(3)14-6(10)11/h1-2H,(H2,8,9)(H,10,11)(H,12,13). The summed E-state index contributed by atoms with van der Waals surface area (Å²) in [5.41, 5.74) is 5.25. The fraction of sp³-hybridized carbons (Fsp3) is 0. The number of aromatic nitrogens is 1. The van der Waals surface area contributed by atoms with Crippen LogP contribution in [0.15, 0.2) is 12.3 Å². The van der Waals surface area contributed by atoms with Crippen molar-refractivity contribution in [2.75, 3.05) is 5.73 Å². The van der Waals surface area contributed by atoms with Crippen LogP contribution in [0, 0.1) is 0 Å². The fourth-order valence-corrected chi connectivity index (χ4v) is 0.788. The third-order valence-corrected chi connectivity index (χ3v) is 1.28. The number of carbonyl (C=O) groups is 2. The molecule has 1 heterocycles. The van der Waals surface area contributed by atoms with Gasteiger partial charge in [0.1, 0.15) is 0 Å². The Morgan fingerprint density at radius 3 is 2.40 bits per heavy atom. The summed E-state index contributed by atoms with van der Waals surface area (Å²) in [6.07, 6.45) is -2.14. The minimum atomic E-state index is -1.65. The maximum Gasteiger partial charge on any atom is 0.512 e. The first-order chi connectivity index (χ1) is 7.00. The molecule has 0 unspecified atom stereocenters. The first-order valence-corrected chi connectivity index (χ1v) is 3.56. The second-order valence-electron chi connectivity index (χ2n) is 2.27. The van der Waals surface area contributed by atoms with Crippen LogP contribution in [-0.2, 0) is 0 Å². The minimum Gasteiger partial charge on any atom is -0.449 e. The highest BCUT2D eigenvalue weighted by Gasteiger charge is 2.16. The molecular formula is C7H6N2O6. The van der Waals surface area contributed by atoms with Gasteiger partial charge in [-0.05, 0) is 6.07 Å². The number of nitrogen functional groups attached to an aromatic ring is 1. The molecule has 1 aromatic rings. The van der Waals surface area contributed by atoms with E-state index in [2.05, 4.69) is 14.5 Å².